The SMILES string of the molecule is Cc1ccc(S(=O)(=O)n2ccc3c(C(=[N+]=[N-])C(=O)O[C@@H](C(=O)N4CCCCC4)c4ccccc4)c(COCc4ccccc4)ccc32)cc1. The predicted molar refractivity (Wildman–Crippen MR) is 184 cm³/mol. The number of hydrogen-bond donors (Lipinski definition) is 0. The number of benzene rings is 4. The van der Waals surface area contributed by atoms with Gasteiger partial charge in [-0.05, 0) is 61.6 Å². The van der Waals surface area contributed by atoms with E-state index in [1.165, 1.54) is 18.3 Å². The minimum atomic E-state index is -4.04. The first-order valence-electron chi connectivity index (χ1n) is 16.1. The maximum absolute atomic E-state index is 14.0. The maximum Gasteiger partial charge on any atom is 0.423 e. The average molecular weight is 677 g/mol. The number of ether oxygens (including phenoxy) is 2. The first-order chi connectivity index (χ1) is 23.8. The van der Waals surface area contributed by atoms with Crippen molar-refractivity contribution in [3.05, 3.63) is 143 Å². The van der Waals surface area contributed by atoms with E-state index in [4.69, 9.17) is 9.47 Å². The molecule has 1 aliphatic rings. The first-order valence-corrected chi connectivity index (χ1v) is 17.6. The summed E-state index contributed by atoms with van der Waals surface area (Å²) >= 11 is 0. The van der Waals surface area contributed by atoms with Crippen molar-refractivity contribution in [2.75, 3.05) is 13.1 Å². The van der Waals surface area contributed by atoms with E-state index in [1.54, 1.807) is 65.6 Å². The highest BCUT2D eigenvalue weighted by Crippen LogP contribution is 2.30. The number of aromatic nitrogens is 1. The zero-order valence-corrected chi connectivity index (χ0v) is 27.9. The topological polar surface area (TPSA) is 131 Å². The van der Waals surface area contributed by atoms with Crippen molar-refractivity contribution in [3.8, 4) is 0 Å². The molecule has 1 fully saturated rings. The second-order valence-corrected chi connectivity index (χ2v) is 13.8. The van der Waals surface area contributed by atoms with E-state index in [0.29, 0.717) is 29.6 Å². The van der Waals surface area contributed by atoms with Gasteiger partial charge in [0.15, 0.2) is 0 Å². The van der Waals surface area contributed by atoms with Crippen LogP contribution in [0.15, 0.2) is 114 Å². The number of rotatable bonds is 11. The van der Waals surface area contributed by atoms with E-state index in [0.717, 1.165) is 34.4 Å². The molecule has 2 heterocycles. The highest BCUT2D eigenvalue weighted by atomic mass is 32.2. The zero-order valence-electron chi connectivity index (χ0n) is 27.1. The minimum Gasteiger partial charge on any atom is -0.438 e. The molecule has 6 rings (SSSR count). The molecule has 0 N–H and O–H groups in total. The van der Waals surface area contributed by atoms with Gasteiger partial charge in [-0.2, -0.15) is 4.79 Å². The summed E-state index contributed by atoms with van der Waals surface area (Å²) in [5.74, 6) is -1.41. The van der Waals surface area contributed by atoms with Crippen molar-refractivity contribution in [2.45, 2.75) is 50.4 Å². The van der Waals surface area contributed by atoms with Crippen LogP contribution in [-0.4, -0.2) is 52.8 Å². The lowest BCUT2D eigenvalue weighted by Crippen LogP contribution is -2.41. The lowest BCUT2D eigenvalue weighted by Gasteiger charge is -2.30. The molecule has 1 aromatic heterocycles. The summed E-state index contributed by atoms with van der Waals surface area (Å²) in [5.41, 5.74) is 13.1. The van der Waals surface area contributed by atoms with Gasteiger partial charge in [0.05, 0.1) is 29.2 Å². The monoisotopic (exact) mass is 676 g/mol. The smallest absolute Gasteiger partial charge is 0.423 e. The van der Waals surface area contributed by atoms with Gasteiger partial charge in [-0.1, -0.05) is 84.4 Å². The molecule has 0 unspecified atom stereocenters. The number of amides is 1. The Balaban J connectivity index is 1.40. The van der Waals surface area contributed by atoms with Gasteiger partial charge in [0.2, 0.25) is 6.10 Å². The van der Waals surface area contributed by atoms with Crippen LogP contribution in [0.1, 0.15) is 53.2 Å². The summed E-state index contributed by atoms with van der Waals surface area (Å²) < 4.78 is 40.6. The summed E-state index contributed by atoms with van der Waals surface area (Å²) in [5, 5.41) is 0.319. The lowest BCUT2D eigenvalue weighted by molar-refractivity contribution is -0.158. The standard InChI is InChI=1S/C38H36N4O6S/c1-27-15-18-31(19-16-27)49(45,46)42-24-21-32-33(42)20-17-30(26-47-25-28-11-5-2-6-12-28)34(32)35(40-39)38(44)48-36(29-13-7-3-8-14-29)37(43)41-22-9-4-10-23-41/h2-3,5-8,11-21,24,36H,4,9-10,22-23,25-26H2,1H3/t36-/m1/s1. The van der Waals surface area contributed by atoms with Crippen LogP contribution in [0.2, 0.25) is 0 Å². The fourth-order valence-electron chi connectivity index (χ4n) is 6.05. The highest BCUT2D eigenvalue weighted by Gasteiger charge is 2.37. The molecule has 49 heavy (non-hydrogen) atoms. The van der Waals surface area contributed by atoms with Crippen LogP contribution in [-0.2, 0) is 42.3 Å². The Bertz CT molecular complexity index is 2120. The van der Waals surface area contributed by atoms with Crippen LogP contribution >= 0.6 is 0 Å². The van der Waals surface area contributed by atoms with Crippen molar-refractivity contribution in [3.63, 3.8) is 0 Å². The van der Waals surface area contributed by atoms with Gasteiger partial charge in [-0.3, -0.25) is 4.79 Å². The molecule has 10 nitrogen and oxygen atoms in total. The second kappa shape index (κ2) is 14.8. The summed E-state index contributed by atoms with van der Waals surface area (Å²) in [6.07, 6.45) is 2.82. The number of piperidine rings is 1. The van der Waals surface area contributed by atoms with Crippen LogP contribution in [0.4, 0.5) is 0 Å². The molecule has 11 heteroatoms. The number of nitrogens with zero attached hydrogens (tertiary/aromatic N) is 4. The summed E-state index contributed by atoms with van der Waals surface area (Å²) in [6, 6.07) is 29.5. The minimum absolute atomic E-state index is 0.00280. The molecule has 5 aromatic rings. The Hall–Kier alpha value is -5.35. The fourth-order valence-corrected chi connectivity index (χ4v) is 7.39. The van der Waals surface area contributed by atoms with Crippen LogP contribution in [0.5, 0.6) is 0 Å². The Morgan fingerprint density at radius 3 is 2.18 bits per heavy atom. The van der Waals surface area contributed by atoms with Crippen molar-refractivity contribution in [1.29, 1.82) is 0 Å². The van der Waals surface area contributed by atoms with Gasteiger partial charge in [-0.25, -0.2) is 17.2 Å². The zero-order chi connectivity index (χ0) is 34.4. The number of esters is 1. The molecule has 250 valence electrons. The van der Waals surface area contributed by atoms with E-state index in [9.17, 15) is 23.5 Å². The van der Waals surface area contributed by atoms with Crippen LogP contribution < -0.4 is 0 Å². The van der Waals surface area contributed by atoms with Crippen LogP contribution in [0.3, 0.4) is 0 Å². The van der Waals surface area contributed by atoms with Gasteiger partial charge in [0, 0.05) is 30.2 Å². The predicted octanol–water partition coefficient (Wildman–Crippen LogP) is 6.22. The largest absolute Gasteiger partial charge is 0.438 e. The third-order valence-electron chi connectivity index (χ3n) is 8.62. The third kappa shape index (κ3) is 7.24. The van der Waals surface area contributed by atoms with Gasteiger partial charge in [0.1, 0.15) is 0 Å². The fraction of sp³-hybridized carbons (Fsp3) is 0.237. The molecule has 4 aromatic carbocycles. The average Bonchev–Trinajstić information content (AvgIpc) is 3.58. The Kier molecular flexibility index (Phi) is 10.1. The molecule has 0 bridgehead atoms. The van der Waals surface area contributed by atoms with E-state index >= 15 is 0 Å². The number of carbonyl (C=O) groups is 2. The van der Waals surface area contributed by atoms with Crippen molar-refractivity contribution in [1.82, 2.24) is 8.87 Å². The van der Waals surface area contributed by atoms with Gasteiger partial charge in [0.25, 0.3) is 15.9 Å². The molecule has 0 spiro atoms. The Labute approximate surface area is 285 Å². The van der Waals surface area contributed by atoms with Crippen LogP contribution in [0, 0.1) is 6.92 Å². The number of fused-ring (bicyclic) bond motifs is 1. The summed E-state index contributed by atoms with van der Waals surface area (Å²) in [7, 11) is -4.04. The number of hydrogen-bond acceptors (Lipinski definition) is 6. The molecule has 1 aliphatic heterocycles. The Morgan fingerprint density at radius 2 is 1.51 bits per heavy atom. The van der Waals surface area contributed by atoms with Gasteiger partial charge in [-0.15, -0.1) is 0 Å². The van der Waals surface area contributed by atoms with Gasteiger partial charge < -0.3 is 19.9 Å². The normalized spacial score (nSPS) is 13.9. The maximum atomic E-state index is 14.0. The molecular weight excluding hydrogens is 641 g/mol. The van der Waals surface area contributed by atoms with E-state index in [2.05, 4.69) is 4.79 Å². The molecular formula is C38H36N4O6S. The quantitative estimate of drug-likeness (QED) is 0.0707. The van der Waals surface area contributed by atoms with Gasteiger partial charge >= 0.3 is 11.7 Å². The summed E-state index contributed by atoms with van der Waals surface area (Å²) in [6.45, 7) is 3.22. The molecule has 1 saturated heterocycles. The van der Waals surface area contributed by atoms with E-state index in [1.807, 2.05) is 37.3 Å². The number of likely N-dealkylation sites (tertiary alicyclic amines) is 1. The van der Waals surface area contributed by atoms with Crippen molar-refractivity contribution in [2.24, 2.45) is 0 Å². The molecule has 0 radical (unpaired) electrons. The molecule has 0 aliphatic carbocycles. The number of carbonyl (C=O) groups excluding carboxylic acids is 2. The highest BCUT2D eigenvalue weighted by molar-refractivity contribution is 7.90. The summed E-state index contributed by atoms with van der Waals surface area (Å²) in [4.78, 5) is 33.0. The second-order valence-electron chi connectivity index (χ2n) is 12.0. The molecule has 1 atom stereocenters. The lowest BCUT2D eigenvalue weighted by atomic mass is 9.98. The number of aryl methyl sites for hydroxylation is 1. The van der Waals surface area contributed by atoms with E-state index in [-0.39, 0.29) is 35.1 Å². The molecule has 1 amide bonds. The van der Waals surface area contributed by atoms with Crippen LogP contribution in [0.25, 0.3) is 16.4 Å². The molecule has 0 saturated carbocycles. The first kappa shape index (κ1) is 33.5. The third-order valence-corrected chi connectivity index (χ3v) is 10.3. The Morgan fingerprint density at radius 1 is 0.837 bits per heavy atom. The van der Waals surface area contributed by atoms with Crippen molar-refractivity contribution >= 4 is 38.5 Å². The van der Waals surface area contributed by atoms with Crippen molar-refractivity contribution < 1.29 is 32.3 Å². The van der Waals surface area contributed by atoms with E-state index < -0.39 is 27.8 Å².